The van der Waals surface area contributed by atoms with E-state index in [0.717, 1.165) is 42.4 Å². The fourth-order valence-electron chi connectivity index (χ4n) is 3.46. The smallest absolute Gasteiger partial charge is 0.157 e. The summed E-state index contributed by atoms with van der Waals surface area (Å²) in [7, 11) is 0. The first-order chi connectivity index (χ1) is 12.3. The van der Waals surface area contributed by atoms with Crippen molar-refractivity contribution in [3.63, 3.8) is 0 Å². The molecule has 1 aliphatic rings. The van der Waals surface area contributed by atoms with Gasteiger partial charge >= 0.3 is 0 Å². The van der Waals surface area contributed by atoms with E-state index in [1.807, 2.05) is 31.0 Å². The highest BCUT2D eigenvalue weighted by molar-refractivity contribution is 7.09. The summed E-state index contributed by atoms with van der Waals surface area (Å²) in [5, 5.41) is 0. The number of aromatic nitrogens is 5. The predicted molar refractivity (Wildman–Crippen MR) is 98.2 cm³/mol. The van der Waals surface area contributed by atoms with Crippen LogP contribution in [0.4, 0.5) is 0 Å². The molecule has 1 atom stereocenters. The van der Waals surface area contributed by atoms with Crippen LogP contribution < -0.4 is 0 Å². The van der Waals surface area contributed by atoms with Crippen LogP contribution in [0.25, 0.3) is 11.5 Å². The quantitative estimate of drug-likeness (QED) is 0.762. The maximum absolute atomic E-state index is 4.77. The molecule has 1 saturated heterocycles. The van der Waals surface area contributed by atoms with Gasteiger partial charge in [0.15, 0.2) is 5.82 Å². The third-order valence-electron chi connectivity index (χ3n) is 4.59. The minimum atomic E-state index is 0.629. The molecular weight excluding hydrogens is 332 g/mol. The maximum Gasteiger partial charge on any atom is 0.157 e. The molecule has 1 fully saturated rings. The molecular formula is C18H22N6S. The average molecular weight is 354 g/mol. The molecule has 1 N–H and O–H groups in total. The van der Waals surface area contributed by atoms with Crippen molar-refractivity contribution in [1.29, 1.82) is 0 Å². The summed E-state index contributed by atoms with van der Waals surface area (Å²) in [6, 6.07) is 0. The predicted octanol–water partition coefficient (Wildman–Crippen LogP) is 3.09. The zero-order chi connectivity index (χ0) is 17.1. The summed E-state index contributed by atoms with van der Waals surface area (Å²) < 4.78 is 0. The van der Waals surface area contributed by atoms with Gasteiger partial charge in [0.1, 0.15) is 5.69 Å². The Hall–Kier alpha value is -2.12. The summed E-state index contributed by atoms with van der Waals surface area (Å²) in [5.41, 5.74) is 4.82. The van der Waals surface area contributed by atoms with Crippen LogP contribution in [0, 0.1) is 12.8 Å². The lowest BCUT2D eigenvalue weighted by atomic mass is 9.93. The SMILES string of the molecule is Cc1cnc(-c2cncc(CC3CCCN(Cc4cncs4)C3)n2)[nH]1. The molecule has 3 aromatic rings. The van der Waals surface area contributed by atoms with Crippen molar-refractivity contribution in [3.05, 3.63) is 46.6 Å². The Morgan fingerprint density at radius 3 is 3.00 bits per heavy atom. The van der Waals surface area contributed by atoms with Crippen LogP contribution in [0.15, 0.2) is 30.3 Å². The lowest BCUT2D eigenvalue weighted by molar-refractivity contribution is 0.167. The fourth-order valence-corrected chi connectivity index (χ4v) is 4.10. The van der Waals surface area contributed by atoms with E-state index in [9.17, 15) is 0 Å². The van der Waals surface area contributed by atoms with Crippen molar-refractivity contribution in [2.24, 2.45) is 5.92 Å². The molecule has 4 heterocycles. The summed E-state index contributed by atoms with van der Waals surface area (Å²) >= 11 is 1.74. The number of aryl methyl sites for hydroxylation is 1. The molecule has 0 bridgehead atoms. The Balaban J connectivity index is 1.41. The lowest BCUT2D eigenvalue weighted by Gasteiger charge is -2.32. The second kappa shape index (κ2) is 7.41. The number of hydrogen-bond acceptors (Lipinski definition) is 6. The number of thiazole rings is 1. The molecule has 0 spiro atoms. The van der Waals surface area contributed by atoms with Gasteiger partial charge in [-0.05, 0) is 38.6 Å². The molecule has 4 rings (SSSR count). The van der Waals surface area contributed by atoms with Gasteiger partial charge in [-0.3, -0.25) is 14.9 Å². The number of rotatable bonds is 5. The zero-order valence-electron chi connectivity index (χ0n) is 14.4. The normalized spacial score (nSPS) is 18.5. The van der Waals surface area contributed by atoms with E-state index in [1.165, 1.54) is 24.3 Å². The van der Waals surface area contributed by atoms with Crippen LogP contribution in [-0.2, 0) is 13.0 Å². The molecule has 7 heteroatoms. The van der Waals surface area contributed by atoms with E-state index in [0.29, 0.717) is 5.92 Å². The molecule has 3 aromatic heterocycles. The molecule has 0 radical (unpaired) electrons. The highest BCUT2D eigenvalue weighted by Crippen LogP contribution is 2.23. The van der Waals surface area contributed by atoms with E-state index in [4.69, 9.17) is 4.98 Å². The third kappa shape index (κ3) is 4.11. The Morgan fingerprint density at radius 1 is 1.24 bits per heavy atom. The number of nitrogens with one attached hydrogen (secondary N) is 1. The van der Waals surface area contributed by atoms with Crippen molar-refractivity contribution in [2.45, 2.75) is 32.7 Å². The molecule has 6 nitrogen and oxygen atoms in total. The second-order valence-corrected chi connectivity index (χ2v) is 7.70. The third-order valence-corrected chi connectivity index (χ3v) is 5.36. The summed E-state index contributed by atoms with van der Waals surface area (Å²) in [4.78, 5) is 24.8. The highest BCUT2D eigenvalue weighted by atomic mass is 32.1. The lowest BCUT2D eigenvalue weighted by Crippen LogP contribution is -2.35. The van der Waals surface area contributed by atoms with Crippen LogP contribution in [0.3, 0.4) is 0 Å². The number of likely N-dealkylation sites (tertiary alicyclic amines) is 1. The Kier molecular flexibility index (Phi) is 4.85. The molecule has 1 unspecified atom stereocenters. The largest absolute Gasteiger partial charge is 0.341 e. The topological polar surface area (TPSA) is 70.6 Å². The van der Waals surface area contributed by atoms with E-state index >= 15 is 0 Å². The van der Waals surface area contributed by atoms with Gasteiger partial charge in [0.05, 0.1) is 17.4 Å². The number of imidazole rings is 1. The van der Waals surface area contributed by atoms with E-state index in [2.05, 4.69) is 24.8 Å². The van der Waals surface area contributed by atoms with Gasteiger partial charge in [-0.25, -0.2) is 9.97 Å². The fraction of sp³-hybridized carbons (Fsp3) is 0.444. The van der Waals surface area contributed by atoms with Gasteiger partial charge in [-0.15, -0.1) is 11.3 Å². The number of piperidine rings is 1. The first-order valence-electron chi connectivity index (χ1n) is 8.69. The second-order valence-electron chi connectivity index (χ2n) is 6.73. The van der Waals surface area contributed by atoms with Gasteiger partial charge in [0.2, 0.25) is 0 Å². The standard InChI is InChI=1S/C18H22N6S/c1-13-6-21-18(22-13)17-9-19-7-15(23-17)5-14-3-2-4-24(10-14)11-16-8-20-12-25-16/h6-9,12,14H,2-5,10-11H2,1H3,(H,21,22). The number of aromatic amines is 1. The molecule has 0 amide bonds. The Bertz CT molecular complexity index is 813. The molecule has 0 saturated carbocycles. The van der Waals surface area contributed by atoms with Gasteiger partial charge in [-0.2, -0.15) is 0 Å². The average Bonchev–Trinajstić information content (AvgIpc) is 3.27. The van der Waals surface area contributed by atoms with Gasteiger partial charge in [-0.1, -0.05) is 0 Å². The van der Waals surface area contributed by atoms with Crippen LogP contribution in [-0.4, -0.2) is 42.9 Å². The monoisotopic (exact) mass is 354 g/mol. The van der Waals surface area contributed by atoms with Crippen LogP contribution in [0.5, 0.6) is 0 Å². The van der Waals surface area contributed by atoms with E-state index in [1.54, 1.807) is 17.5 Å². The molecule has 1 aliphatic heterocycles. The number of hydrogen-bond donors (Lipinski definition) is 1. The molecule has 130 valence electrons. The minimum Gasteiger partial charge on any atom is -0.341 e. The Labute approximate surface area is 151 Å². The first kappa shape index (κ1) is 16.4. The van der Waals surface area contributed by atoms with Crippen molar-refractivity contribution < 1.29 is 0 Å². The van der Waals surface area contributed by atoms with Crippen molar-refractivity contribution >= 4 is 11.3 Å². The van der Waals surface area contributed by atoms with E-state index in [-0.39, 0.29) is 0 Å². The zero-order valence-corrected chi connectivity index (χ0v) is 15.2. The molecule has 25 heavy (non-hydrogen) atoms. The first-order valence-corrected chi connectivity index (χ1v) is 9.57. The van der Waals surface area contributed by atoms with Crippen molar-refractivity contribution in [2.75, 3.05) is 13.1 Å². The summed E-state index contributed by atoms with van der Waals surface area (Å²) in [6.07, 6.45) is 10.9. The Morgan fingerprint density at radius 2 is 2.20 bits per heavy atom. The van der Waals surface area contributed by atoms with Crippen LogP contribution >= 0.6 is 11.3 Å². The van der Waals surface area contributed by atoms with Gasteiger partial charge in [0.25, 0.3) is 0 Å². The van der Waals surface area contributed by atoms with Crippen molar-refractivity contribution in [1.82, 2.24) is 29.8 Å². The van der Waals surface area contributed by atoms with Crippen LogP contribution in [0.1, 0.15) is 29.1 Å². The van der Waals surface area contributed by atoms with Gasteiger partial charge < -0.3 is 4.98 Å². The molecule has 0 aromatic carbocycles. The van der Waals surface area contributed by atoms with Crippen LogP contribution in [0.2, 0.25) is 0 Å². The molecule has 0 aliphatic carbocycles. The van der Waals surface area contributed by atoms with Gasteiger partial charge in [0, 0.05) is 42.3 Å². The highest BCUT2D eigenvalue weighted by Gasteiger charge is 2.21. The maximum atomic E-state index is 4.77. The number of nitrogens with zero attached hydrogens (tertiary/aromatic N) is 5. The van der Waals surface area contributed by atoms with Crippen molar-refractivity contribution in [3.8, 4) is 11.5 Å². The minimum absolute atomic E-state index is 0.629. The summed E-state index contributed by atoms with van der Waals surface area (Å²) in [5.74, 6) is 1.42. The number of H-pyrrole nitrogens is 1. The van der Waals surface area contributed by atoms with E-state index < -0.39 is 0 Å². The summed E-state index contributed by atoms with van der Waals surface area (Å²) in [6.45, 7) is 5.29.